The van der Waals surface area contributed by atoms with Gasteiger partial charge in [-0.3, -0.25) is 4.79 Å². The van der Waals surface area contributed by atoms with Gasteiger partial charge in [0.2, 0.25) is 0 Å². The van der Waals surface area contributed by atoms with E-state index in [0.29, 0.717) is 0 Å². The van der Waals surface area contributed by atoms with Crippen molar-refractivity contribution in [2.24, 2.45) is 5.92 Å². The average molecular weight is 226 g/mol. The predicted octanol–water partition coefficient (Wildman–Crippen LogP) is 1.94. The van der Waals surface area contributed by atoms with Gasteiger partial charge in [-0.25, -0.2) is 0 Å². The molecule has 88 valence electrons. The summed E-state index contributed by atoms with van der Waals surface area (Å²) >= 11 is 0. The highest BCUT2D eigenvalue weighted by Gasteiger charge is 2.46. The minimum absolute atomic E-state index is 0.0241. The third-order valence-corrected chi connectivity index (χ3v) is 2.70. The van der Waals surface area contributed by atoms with Crippen LogP contribution in [-0.4, -0.2) is 28.0 Å². The van der Waals surface area contributed by atoms with Crippen LogP contribution in [0.5, 0.6) is 0 Å². The molecule has 0 aromatic rings. The molecule has 1 rings (SSSR count). The molecule has 0 unspecified atom stereocenters. The van der Waals surface area contributed by atoms with E-state index in [0.717, 1.165) is 0 Å². The smallest absolute Gasteiger partial charge is 0.389 e. The number of alkyl halides is 3. The first-order valence-electron chi connectivity index (χ1n) is 4.74. The standard InChI is InChI=1S/C9H13F3O3/c10-9(11,12)3-1-2-8(15)4-6(5-8)7(13)14/h6,15H,1-5H2,(H,13,14). The van der Waals surface area contributed by atoms with Gasteiger partial charge in [-0.2, -0.15) is 13.2 Å². The summed E-state index contributed by atoms with van der Waals surface area (Å²) in [6, 6.07) is 0. The Hall–Kier alpha value is -0.780. The minimum Gasteiger partial charge on any atom is -0.481 e. The van der Waals surface area contributed by atoms with Gasteiger partial charge in [0.05, 0.1) is 11.5 Å². The van der Waals surface area contributed by atoms with E-state index in [1.165, 1.54) is 0 Å². The molecule has 0 aromatic heterocycles. The molecule has 1 saturated carbocycles. The quantitative estimate of drug-likeness (QED) is 0.770. The number of halogens is 3. The van der Waals surface area contributed by atoms with Crippen molar-refractivity contribution < 1.29 is 28.2 Å². The lowest BCUT2D eigenvalue weighted by atomic mass is 9.68. The van der Waals surface area contributed by atoms with E-state index in [1.807, 2.05) is 0 Å². The molecule has 0 bridgehead atoms. The van der Waals surface area contributed by atoms with E-state index in [9.17, 15) is 23.1 Å². The lowest BCUT2D eigenvalue weighted by Crippen LogP contribution is -2.46. The van der Waals surface area contributed by atoms with Gasteiger partial charge in [-0.15, -0.1) is 0 Å². The van der Waals surface area contributed by atoms with Gasteiger partial charge >= 0.3 is 12.1 Å². The average Bonchev–Trinajstić information content (AvgIpc) is 1.96. The van der Waals surface area contributed by atoms with Crippen LogP contribution in [0.25, 0.3) is 0 Å². The van der Waals surface area contributed by atoms with Crippen molar-refractivity contribution in [1.29, 1.82) is 0 Å². The van der Waals surface area contributed by atoms with Crippen molar-refractivity contribution in [3.8, 4) is 0 Å². The fourth-order valence-corrected chi connectivity index (χ4v) is 1.85. The molecule has 0 spiro atoms. The Morgan fingerprint density at radius 2 is 1.93 bits per heavy atom. The van der Waals surface area contributed by atoms with Gasteiger partial charge in [0.25, 0.3) is 0 Å². The molecular formula is C9H13F3O3. The highest BCUT2D eigenvalue weighted by molar-refractivity contribution is 5.71. The maximum absolute atomic E-state index is 11.8. The van der Waals surface area contributed by atoms with E-state index in [4.69, 9.17) is 5.11 Å². The van der Waals surface area contributed by atoms with Crippen molar-refractivity contribution in [3.63, 3.8) is 0 Å². The fraction of sp³-hybridized carbons (Fsp3) is 0.889. The third-order valence-electron chi connectivity index (χ3n) is 2.70. The van der Waals surface area contributed by atoms with Crippen molar-refractivity contribution in [3.05, 3.63) is 0 Å². The number of hydrogen-bond donors (Lipinski definition) is 2. The molecule has 15 heavy (non-hydrogen) atoms. The van der Waals surface area contributed by atoms with Crippen LogP contribution in [0.2, 0.25) is 0 Å². The summed E-state index contributed by atoms with van der Waals surface area (Å²) in [5, 5.41) is 18.1. The number of hydrogen-bond acceptors (Lipinski definition) is 2. The second kappa shape index (κ2) is 4.00. The summed E-state index contributed by atoms with van der Waals surface area (Å²) < 4.78 is 35.3. The summed E-state index contributed by atoms with van der Waals surface area (Å²) in [5.74, 6) is -1.59. The Morgan fingerprint density at radius 3 is 2.33 bits per heavy atom. The van der Waals surface area contributed by atoms with Crippen LogP contribution in [-0.2, 0) is 4.79 Å². The van der Waals surface area contributed by atoms with Crippen LogP contribution in [0.4, 0.5) is 13.2 Å². The Labute approximate surface area is 84.9 Å². The maximum atomic E-state index is 11.8. The zero-order valence-electron chi connectivity index (χ0n) is 8.05. The van der Waals surface area contributed by atoms with Crippen molar-refractivity contribution in [2.45, 2.75) is 43.9 Å². The molecular weight excluding hydrogens is 213 g/mol. The summed E-state index contributed by atoms with van der Waals surface area (Å²) in [4.78, 5) is 10.4. The van der Waals surface area contributed by atoms with Gasteiger partial charge < -0.3 is 10.2 Å². The Balaban J connectivity index is 2.21. The predicted molar refractivity (Wildman–Crippen MR) is 45.2 cm³/mol. The van der Waals surface area contributed by atoms with E-state index in [1.54, 1.807) is 0 Å². The third kappa shape index (κ3) is 3.70. The Bertz CT molecular complexity index is 243. The SMILES string of the molecule is O=C(O)C1CC(O)(CCCC(F)(F)F)C1. The normalized spacial score (nSPS) is 31.1. The molecule has 2 N–H and O–H groups in total. The highest BCUT2D eigenvalue weighted by Crippen LogP contribution is 2.42. The summed E-state index contributed by atoms with van der Waals surface area (Å²) in [7, 11) is 0. The molecule has 0 atom stereocenters. The number of aliphatic hydroxyl groups is 1. The molecule has 0 heterocycles. The molecule has 1 fully saturated rings. The van der Waals surface area contributed by atoms with Gasteiger partial charge in [0, 0.05) is 6.42 Å². The first kappa shape index (κ1) is 12.3. The number of aliphatic carboxylic acids is 1. The minimum atomic E-state index is -4.20. The number of carboxylic acid groups (broad SMARTS) is 1. The topological polar surface area (TPSA) is 57.5 Å². The lowest BCUT2D eigenvalue weighted by molar-refractivity contribution is -0.162. The van der Waals surface area contributed by atoms with Crippen LogP contribution < -0.4 is 0 Å². The molecule has 0 aromatic carbocycles. The van der Waals surface area contributed by atoms with E-state index in [2.05, 4.69) is 0 Å². The van der Waals surface area contributed by atoms with Gasteiger partial charge in [0.15, 0.2) is 0 Å². The zero-order chi connectivity index (χ0) is 11.7. The molecule has 6 heteroatoms. The molecule has 0 radical (unpaired) electrons. The van der Waals surface area contributed by atoms with Crippen LogP contribution >= 0.6 is 0 Å². The van der Waals surface area contributed by atoms with Crippen molar-refractivity contribution in [1.82, 2.24) is 0 Å². The van der Waals surface area contributed by atoms with E-state index < -0.39 is 30.1 Å². The summed E-state index contributed by atoms with van der Waals surface area (Å²) in [6.45, 7) is 0. The largest absolute Gasteiger partial charge is 0.481 e. The molecule has 1 aliphatic rings. The molecule has 3 nitrogen and oxygen atoms in total. The van der Waals surface area contributed by atoms with Crippen LogP contribution in [0.15, 0.2) is 0 Å². The molecule has 0 aliphatic heterocycles. The maximum Gasteiger partial charge on any atom is 0.389 e. The second-order valence-electron chi connectivity index (χ2n) is 4.14. The number of rotatable bonds is 4. The first-order chi connectivity index (χ1) is 6.72. The summed E-state index contributed by atoms with van der Waals surface area (Å²) in [6.07, 6.45) is -5.11. The Kier molecular flexibility index (Phi) is 3.28. The number of carbonyl (C=O) groups is 1. The van der Waals surface area contributed by atoms with Gasteiger partial charge in [0.1, 0.15) is 0 Å². The Morgan fingerprint density at radius 1 is 1.40 bits per heavy atom. The van der Waals surface area contributed by atoms with E-state index in [-0.39, 0.29) is 25.7 Å². The molecule has 0 amide bonds. The number of carboxylic acids is 1. The lowest BCUT2D eigenvalue weighted by Gasteiger charge is -2.41. The second-order valence-corrected chi connectivity index (χ2v) is 4.14. The monoisotopic (exact) mass is 226 g/mol. The van der Waals surface area contributed by atoms with Crippen molar-refractivity contribution >= 4 is 5.97 Å². The fourth-order valence-electron chi connectivity index (χ4n) is 1.85. The molecule has 0 saturated heterocycles. The van der Waals surface area contributed by atoms with Crippen LogP contribution in [0, 0.1) is 5.92 Å². The molecule has 1 aliphatic carbocycles. The summed E-state index contributed by atoms with van der Waals surface area (Å²) in [5.41, 5.74) is -1.19. The first-order valence-corrected chi connectivity index (χ1v) is 4.74. The van der Waals surface area contributed by atoms with Crippen molar-refractivity contribution in [2.75, 3.05) is 0 Å². The van der Waals surface area contributed by atoms with Gasteiger partial charge in [-0.1, -0.05) is 0 Å². The zero-order valence-corrected chi connectivity index (χ0v) is 8.05. The highest BCUT2D eigenvalue weighted by atomic mass is 19.4. The van der Waals surface area contributed by atoms with Crippen LogP contribution in [0.3, 0.4) is 0 Å². The van der Waals surface area contributed by atoms with E-state index >= 15 is 0 Å². The van der Waals surface area contributed by atoms with Gasteiger partial charge in [-0.05, 0) is 25.7 Å². The van der Waals surface area contributed by atoms with Crippen LogP contribution in [0.1, 0.15) is 32.1 Å².